The van der Waals surface area contributed by atoms with Crippen LogP contribution in [-0.2, 0) is 12.6 Å². The second kappa shape index (κ2) is 7.40. The van der Waals surface area contributed by atoms with Crippen molar-refractivity contribution in [1.82, 2.24) is 20.1 Å². The molecule has 10 heteroatoms. The van der Waals surface area contributed by atoms with Crippen LogP contribution < -0.4 is 4.90 Å². The van der Waals surface area contributed by atoms with Crippen LogP contribution in [0.1, 0.15) is 37.2 Å². The zero-order valence-electron chi connectivity index (χ0n) is 14.4. The van der Waals surface area contributed by atoms with Crippen molar-refractivity contribution in [2.45, 2.75) is 32.5 Å². The van der Waals surface area contributed by atoms with Crippen LogP contribution in [0.4, 0.5) is 19.0 Å². The minimum absolute atomic E-state index is 0.00538. The summed E-state index contributed by atoms with van der Waals surface area (Å²) in [6.45, 7) is 6.50. The minimum Gasteiger partial charge on any atom is -0.424 e. The quantitative estimate of drug-likeness (QED) is 0.796. The monoisotopic (exact) mass is 389 g/mol. The van der Waals surface area contributed by atoms with Crippen LogP contribution in [0, 0.1) is 0 Å². The molecule has 2 aromatic rings. The van der Waals surface area contributed by atoms with Crippen LogP contribution in [0.2, 0.25) is 5.02 Å². The first-order chi connectivity index (χ1) is 12.3. The van der Waals surface area contributed by atoms with Crippen LogP contribution in [-0.4, -0.2) is 46.3 Å². The molecule has 1 atom stereocenters. The van der Waals surface area contributed by atoms with Gasteiger partial charge in [-0.1, -0.05) is 18.5 Å². The lowest BCUT2D eigenvalue weighted by atomic mass is 10.2. The van der Waals surface area contributed by atoms with E-state index in [1.807, 2.05) is 18.7 Å². The Balaban J connectivity index is 1.65. The van der Waals surface area contributed by atoms with Gasteiger partial charge in [0.05, 0.1) is 16.6 Å². The van der Waals surface area contributed by atoms with Crippen molar-refractivity contribution in [2.24, 2.45) is 0 Å². The largest absolute Gasteiger partial charge is 0.424 e. The molecule has 2 aromatic heterocycles. The van der Waals surface area contributed by atoms with E-state index in [2.05, 4.69) is 20.1 Å². The molecule has 0 spiro atoms. The molecule has 0 radical (unpaired) electrons. The number of aryl methyl sites for hydroxylation is 1. The second-order valence-corrected chi connectivity index (χ2v) is 6.52. The van der Waals surface area contributed by atoms with Gasteiger partial charge in [0.15, 0.2) is 0 Å². The summed E-state index contributed by atoms with van der Waals surface area (Å²) < 4.78 is 43.8. The Morgan fingerprint density at radius 3 is 2.46 bits per heavy atom. The minimum atomic E-state index is -4.45. The Hall–Kier alpha value is -1.87. The second-order valence-electron chi connectivity index (χ2n) is 6.11. The average molecular weight is 390 g/mol. The molecule has 26 heavy (non-hydrogen) atoms. The molecule has 1 aliphatic heterocycles. The van der Waals surface area contributed by atoms with Gasteiger partial charge in [-0.2, -0.15) is 13.2 Å². The SMILES string of the molecule is CCc1nnc([C@@H](C)N2CCN(c3ncc(C(F)(F)F)cc3Cl)CC2)o1. The molecule has 0 amide bonds. The predicted molar refractivity (Wildman–Crippen MR) is 90.1 cm³/mol. The Labute approximate surface area is 154 Å². The number of aromatic nitrogens is 3. The molecular formula is C16H19ClF3N5O. The fourth-order valence-corrected chi connectivity index (χ4v) is 3.16. The maximum Gasteiger partial charge on any atom is 0.417 e. The first kappa shape index (κ1) is 18.9. The van der Waals surface area contributed by atoms with Crippen LogP contribution in [0.15, 0.2) is 16.7 Å². The van der Waals surface area contributed by atoms with Crippen molar-refractivity contribution in [3.05, 3.63) is 34.6 Å². The van der Waals surface area contributed by atoms with E-state index in [0.29, 0.717) is 50.2 Å². The van der Waals surface area contributed by atoms with Crippen LogP contribution >= 0.6 is 11.6 Å². The van der Waals surface area contributed by atoms with Crippen LogP contribution in [0.5, 0.6) is 0 Å². The molecule has 0 aromatic carbocycles. The summed E-state index contributed by atoms with van der Waals surface area (Å²) in [5, 5.41) is 8.06. The lowest BCUT2D eigenvalue weighted by Crippen LogP contribution is -2.47. The van der Waals surface area contributed by atoms with Gasteiger partial charge < -0.3 is 9.32 Å². The molecule has 1 saturated heterocycles. The average Bonchev–Trinajstić information content (AvgIpc) is 3.09. The molecule has 142 valence electrons. The van der Waals surface area contributed by atoms with Gasteiger partial charge in [-0.3, -0.25) is 4.90 Å². The van der Waals surface area contributed by atoms with Crippen LogP contribution in [0.3, 0.4) is 0 Å². The van der Waals surface area contributed by atoms with Gasteiger partial charge in [0, 0.05) is 38.8 Å². The molecule has 0 N–H and O–H groups in total. The third kappa shape index (κ3) is 3.93. The van der Waals surface area contributed by atoms with Crippen molar-refractivity contribution >= 4 is 17.4 Å². The van der Waals surface area contributed by atoms with Gasteiger partial charge in [-0.05, 0) is 13.0 Å². The Bertz CT molecular complexity index is 759. The normalized spacial score (nSPS) is 17.5. The third-order valence-electron chi connectivity index (χ3n) is 4.45. The standard InChI is InChI=1S/C16H19ClF3N5O/c1-3-13-22-23-15(26-13)10(2)24-4-6-25(7-5-24)14-12(17)8-11(9-21-14)16(18,19)20/h8-10H,3-7H2,1-2H3/t10-/m1/s1. The molecular weight excluding hydrogens is 371 g/mol. The maximum atomic E-state index is 12.7. The summed E-state index contributed by atoms with van der Waals surface area (Å²) in [4.78, 5) is 7.99. The fraction of sp³-hybridized carbons (Fsp3) is 0.562. The molecule has 0 aliphatic carbocycles. The van der Waals surface area contributed by atoms with E-state index in [9.17, 15) is 13.2 Å². The Kier molecular flexibility index (Phi) is 5.38. The van der Waals surface area contributed by atoms with Gasteiger partial charge in [-0.15, -0.1) is 10.2 Å². The van der Waals surface area contributed by atoms with Gasteiger partial charge in [0.25, 0.3) is 0 Å². The highest BCUT2D eigenvalue weighted by Crippen LogP contribution is 2.34. The molecule has 3 rings (SSSR count). The highest BCUT2D eigenvalue weighted by Gasteiger charge is 2.33. The molecule has 0 bridgehead atoms. The van der Waals surface area contributed by atoms with Crippen molar-refractivity contribution in [3.63, 3.8) is 0 Å². The molecule has 1 fully saturated rings. The van der Waals surface area contributed by atoms with Crippen molar-refractivity contribution in [1.29, 1.82) is 0 Å². The van der Waals surface area contributed by atoms with E-state index in [1.165, 1.54) is 0 Å². The number of rotatable bonds is 4. The summed E-state index contributed by atoms with van der Waals surface area (Å²) in [6.07, 6.45) is -2.95. The first-order valence-electron chi connectivity index (χ1n) is 8.33. The van der Waals surface area contributed by atoms with Gasteiger partial charge in [0.1, 0.15) is 5.82 Å². The Morgan fingerprint density at radius 2 is 1.92 bits per heavy atom. The van der Waals surface area contributed by atoms with Gasteiger partial charge in [-0.25, -0.2) is 4.98 Å². The van der Waals surface area contributed by atoms with E-state index in [4.69, 9.17) is 16.0 Å². The van der Waals surface area contributed by atoms with Gasteiger partial charge >= 0.3 is 6.18 Å². The number of piperazine rings is 1. The number of nitrogens with zero attached hydrogens (tertiary/aromatic N) is 5. The summed E-state index contributed by atoms with van der Waals surface area (Å²) in [5.74, 6) is 1.55. The van der Waals surface area contributed by atoms with Crippen LogP contribution in [0.25, 0.3) is 0 Å². The zero-order chi connectivity index (χ0) is 18.9. The Morgan fingerprint density at radius 1 is 1.23 bits per heavy atom. The lowest BCUT2D eigenvalue weighted by Gasteiger charge is -2.37. The number of anilines is 1. The maximum absolute atomic E-state index is 12.7. The third-order valence-corrected chi connectivity index (χ3v) is 4.73. The number of hydrogen-bond donors (Lipinski definition) is 0. The van der Waals surface area contributed by atoms with E-state index in [1.54, 1.807) is 0 Å². The summed E-state index contributed by atoms with van der Waals surface area (Å²) >= 11 is 6.03. The van der Waals surface area contributed by atoms with Crippen molar-refractivity contribution < 1.29 is 17.6 Å². The molecule has 6 nitrogen and oxygen atoms in total. The smallest absolute Gasteiger partial charge is 0.417 e. The molecule has 3 heterocycles. The van der Waals surface area contributed by atoms with E-state index in [0.717, 1.165) is 12.3 Å². The number of halogens is 4. The predicted octanol–water partition coefficient (Wildman–Crippen LogP) is 3.58. The highest BCUT2D eigenvalue weighted by molar-refractivity contribution is 6.33. The number of alkyl halides is 3. The van der Waals surface area contributed by atoms with Gasteiger partial charge in [0.2, 0.25) is 11.8 Å². The highest BCUT2D eigenvalue weighted by atomic mass is 35.5. The first-order valence-corrected chi connectivity index (χ1v) is 8.71. The van der Waals surface area contributed by atoms with E-state index < -0.39 is 11.7 Å². The lowest BCUT2D eigenvalue weighted by molar-refractivity contribution is -0.137. The summed E-state index contributed by atoms with van der Waals surface area (Å²) in [7, 11) is 0. The molecule has 0 saturated carbocycles. The number of hydrogen-bond acceptors (Lipinski definition) is 6. The van der Waals surface area contributed by atoms with E-state index in [-0.39, 0.29) is 11.1 Å². The van der Waals surface area contributed by atoms with Crippen molar-refractivity contribution in [2.75, 3.05) is 31.1 Å². The molecule has 1 aliphatic rings. The van der Waals surface area contributed by atoms with E-state index >= 15 is 0 Å². The molecule has 0 unspecified atom stereocenters. The summed E-state index contributed by atoms with van der Waals surface area (Å²) in [5.41, 5.74) is -0.846. The zero-order valence-corrected chi connectivity index (χ0v) is 15.2. The summed E-state index contributed by atoms with van der Waals surface area (Å²) in [6, 6.07) is 0.893. The fourth-order valence-electron chi connectivity index (χ4n) is 2.87. The topological polar surface area (TPSA) is 58.3 Å². The van der Waals surface area contributed by atoms with Crippen molar-refractivity contribution in [3.8, 4) is 0 Å². The number of pyridine rings is 1.